The van der Waals surface area contributed by atoms with Gasteiger partial charge in [0.2, 0.25) is 5.91 Å². The molecule has 2 amide bonds. The summed E-state index contributed by atoms with van der Waals surface area (Å²) in [6.07, 6.45) is 4.63. The fraction of sp³-hybridized carbons (Fsp3) is 0.462. The van der Waals surface area contributed by atoms with E-state index in [0.717, 1.165) is 19.5 Å². The smallest absolute Gasteiger partial charge is 0.255 e. The monoisotopic (exact) mass is 503 g/mol. The number of benzene rings is 2. The summed E-state index contributed by atoms with van der Waals surface area (Å²) in [6, 6.07) is 12.8. The third kappa shape index (κ3) is 5.93. The van der Waals surface area contributed by atoms with E-state index in [1.54, 1.807) is 41.3 Å². The second kappa shape index (κ2) is 11.6. The van der Waals surface area contributed by atoms with Gasteiger partial charge in [0.05, 0.1) is 0 Å². The number of thioether (sulfide) groups is 1. The number of likely N-dealkylation sites (tertiary alicyclic amines) is 1. The SMILES string of the molecule is CC1CCCCN1CCCNC(=O)C1CSC(c2cccc(F)c2)N1C(=O)c1ccc(Cl)cc1. The number of carbonyl (C=O) groups excluding carboxylic acids is 2. The summed E-state index contributed by atoms with van der Waals surface area (Å²) < 4.78 is 13.9. The Balaban J connectivity index is 1.45. The Morgan fingerprint density at radius 1 is 1.18 bits per heavy atom. The molecule has 2 fully saturated rings. The molecule has 8 heteroatoms. The molecule has 1 N–H and O–H groups in total. The molecule has 3 atom stereocenters. The van der Waals surface area contributed by atoms with Crippen molar-refractivity contribution in [3.8, 4) is 0 Å². The first-order chi connectivity index (χ1) is 16.4. The predicted molar refractivity (Wildman–Crippen MR) is 136 cm³/mol. The minimum absolute atomic E-state index is 0.166. The zero-order valence-electron chi connectivity index (χ0n) is 19.4. The number of piperidine rings is 1. The Bertz CT molecular complexity index is 1010. The molecule has 34 heavy (non-hydrogen) atoms. The highest BCUT2D eigenvalue weighted by molar-refractivity contribution is 7.99. The minimum Gasteiger partial charge on any atom is -0.354 e. The van der Waals surface area contributed by atoms with Crippen molar-refractivity contribution >= 4 is 35.2 Å². The van der Waals surface area contributed by atoms with E-state index in [-0.39, 0.29) is 17.6 Å². The van der Waals surface area contributed by atoms with Gasteiger partial charge in [-0.2, -0.15) is 0 Å². The Morgan fingerprint density at radius 3 is 2.71 bits per heavy atom. The normalized spacial score (nSPS) is 23.1. The highest BCUT2D eigenvalue weighted by Gasteiger charge is 2.42. The first-order valence-electron chi connectivity index (χ1n) is 11.9. The molecule has 2 aliphatic rings. The van der Waals surface area contributed by atoms with Crippen LogP contribution in [0.5, 0.6) is 0 Å². The molecule has 5 nitrogen and oxygen atoms in total. The third-order valence-corrected chi connectivity index (χ3v) is 8.20. The largest absolute Gasteiger partial charge is 0.354 e. The first-order valence-corrected chi connectivity index (χ1v) is 13.3. The molecular weight excluding hydrogens is 473 g/mol. The van der Waals surface area contributed by atoms with Crippen molar-refractivity contribution < 1.29 is 14.0 Å². The lowest BCUT2D eigenvalue weighted by atomic mass is 10.0. The molecule has 0 bridgehead atoms. The molecule has 0 radical (unpaired) electrons. The Kier molecular flexibility index (Phi) is 8.51. The van der Waals surface area contributed by atoms with E-state index in [1.807, 2.05) is 0 Å². The average Bonchev–Trinajstić information content (AvgIpc) is 3.28. The molecule has 2 aliphatic heterocycles. The van der Waals surface area contributed by atoms with Crippen LogP contribution >= 0.6 is 23.4 Å². The number of nitrogens with zero attached hydrogens (tertiary/aromatic N) is 2. The van der Waals surface area contributed by atoms with Gasteiger partial charge in [0.1, 0.15) is 17.2 Å². The van der Waals surface area contributed by atoms with Gasteiger partial charge in [0, 0.05) is 35.5 Å². The van der Waals surface area contributed by atoms with Gasteiger partial charge in [-0.05, 0) is 74.7 Å². The van der Waals surface area contributed by atoms with E-state index in [9.17, 15) is 14.0 Å². The maximum absolute atomic E-state index is 13.9. The van der Waals surface area contributed by atoms with Gasteiger partial charge in [-0.1, -0.05) is 30.2 Å². The average molecular weight is 504 g/mol. The number of rotatable bonds is 7. The van der Waals surface area contributed by atoms with Crippen LogP contribution in [0.15, 0.2) is 48.5 Å². The molecule has 4 rings (SSSR count). The van der Waals surface area contributed by atoms with Crippen molar-refractivity contribution in [1.82, 2.24) is 15.1 Å². The van der Waals surface area contributed by atoms with Crippen LogP contribution in [-0.4, -0.2) is 59.1 Å². The summed E-state index contributed by atoms with van der Waals surface area (Å²) >= 11 is 7.48. The molecule has 2 heterocycles. The van der Waals surface area contributed by atoms with Crippen molar-refractivity contribution in [3.63, 3.8) is 0 Å². The lowest BCUT2D eigenvalue weighted by Gasteiger charge is -2.33. The second-order valence-corrected chi connectivity index (χ2v) is 10.6. The van der Waals surface area contributed by atoms with E-state index < -0.39 is 11.4 Å². The number of carbonyl (C=O) groups is 2. The first kappa shape index (κ1) is 25.0. The van der Waals surface area contributed by atoms with Crippen LogP contribution in [0.2, 0.25) is 5.02 Å². The van der Waals surface area contributed by atoms with E-state index in [2.05, 4.69) is 17.1 Å². The summed E-state index contributed by atoms with van der Waals surface area (Å²) in [5.74, 6) is -0.342. The van der Waals surface area contributed by atoms with Crippen LogP contribution in [0, 0.1) is 5.82 Å². The topological polar surface area (TPSA) is 52.7 Å². The number of hydrogen-bond acceptors (Lipinski definition) is 4. The van der Waals surface area contributed by atoms with E-state index in [0.29, 0.717) is 34.5 Å². The molecule has 3 unspecified atom stereocenters. The van der Waals surface area contributed by atoms with Crippen molar-refractivity contribution in [3.05, 3.63) is 70.5 Å². The molecular formula is C26H31ClFN3O2S. The zero-order valence-corrected chi connectivity index (χ0v) is 21.0. The van der Waals surface area contributed by atoms with E-state index in [1.165, 1.54) is 43.2 Å². The van der Waals surface area contributed by atoms with Crippen LogP contribution in [0.3, 0.4) is 0 Å². The highest BCUT2D eigenvalue weighted by atomic mass is 35.5. The van der Waals surface area contributed by atoms with Crippen LogP contribution in [0.25, 0.3) is 0 Å². The van der Waals surface area contributed by atoms with Crippen LogP contribution < -0.4 is 5.32 Å². The molecule has 0 spiro atoms. The molecule has 0 saturated carbocycles. The predicted octanol–water partition coefficient (Wildman–Crippen LogP) is 5.12. The fourth-order valence-electron chi connectivity index (χ4n) is 4.72. The number of nitrogens with one attached hydrogen (secondary N) is 1. The van der Waals surface area contributed by atoms with Crippen molar-refractivity contribution in [2.24, 2.45) is 0 Å². The Morgan fingerprint density at radius 2 is 1.97 bits per heavy atom. The molecule has 2 saturated heterocycles. The Labute approximate surface area is 210 Å². The number of halogens is 2. The van der Waals surface area contributed by atoms with Gasteiger partial charge < -0.3 is 15.1 Å². The quantitative estimate of drug-likeness (QED) is 0.533. The van der Waals surface area contributed by atoms with Crippen LogP contribution in [0.4, 0.5) is 4.39 Å². The summed E-state index contributed by atoms with van der Waals surface area (Å²) in [5, 5.41) is 3.13. The van der Waals surface area contributed by atoms with E-state index >= 15 is 0 Å². The van der Waals surface area contributed by atoms with Crippen LogP contribution in [0.1, 0.15) is 53.9 Å². The lowest BCUT2D eigenvalue weighted by molar-refractivity contribution is -0.124. The van der Waals surface area contributed by atoms with E-state index in [4.69, 9.17) is 11.6 Å². The molecule has 2 aromatic carbocycles. The molecule has 2 aromatic rings. The minimum atomic E-state index is -0.629. The highest BCUT2D eigenvalue weighted by Crippen LogP contribution is 2.42. The number of hydrogen-bond donors (Lipinski definition) is 1. The zero-order chi connectivity index (χ0) is 24.1. The van der Waals surface area contributed by atoms with Crippen LogP contribution in [-0.2, 0) is 4.79 Å². The number of amides is 2. The lowest BCUT2D eigenvalue weighted by Crippen LogP contribution is -2.48. The third-order valence-electron chi connectivity index (χ3n) is 6.62. The standard InChI is InChI=1S/C26H31ClFN3O2S/c1-18-6-2-3-14-30(18)15-5-13-29-24(32)23-17-34-26(20-7-4-8-22(28)16-20)31(23)25(33)19-9-11-21(27)12-10-19/h4,7-12,16,18,23,26H,2-3,5-6,13-15,17H2,1H3,(H,29,32). The fourth-order valence-corrected chi connectivity index (χ4v) is 6.26. The summed E-state index contributed by atoms with van der Waals surface area (Å²) in [7, 11) is 0. The molecule has 0 aromatic heterocycles. The summed E-state index contributed by atoms with van der Waals surface area (Å²) in [6.45, 7) is 4.91. The van der Waals surface area contributed by atoms with Gasteiger partial charge in [-0.15, -0.1) is 11.8 Å². The maximum atomic E-state index is 13.9. The Hall–Kier alpha value is -2.09. The molecule has 182 valence electrons. The summed E-state index contributed by atoms with van der Waals surface area (Å²) in [4.78, 5) is 30.8. The van der Waals surface area contributed by atoms with Gasteiger partial charge >= 0.3 is 0 Å². The summed E-state index contributed by atoms with van der Waals surface area (Å²) in [5.41, 5.74) is 1.12. The second-order valence-electron chi connectivity index (χ2n) is 9.00. The van der Waals surface area contributed by atoms with Gasteiger partial charge in [0.15, 0.2) is 0 Å². The van der Waals surface area contributed by atoms with Gasteiger partial charge in [-0.3, -0.25) is 9.59 Å². The van der Waals surface area contributed by atoms with Gasteiger partial charge in [-0.25, -0.2) is 4.39 Å². The van der Waals surface area contributed by atoms with Crippen molar-refractivity contribution in [2.75, 3.05) is 25.4 Å². The van der Waals surface area contributed by atoms with Gasteiger partial charge in [0.25, 0.3) is 5.91 Å². The van der Waals surface area contributed by atoms with Crippen molar-refractivity contribution in [1.29, 1.82) is 0 Å². The molecule has 0 aliphatic carbocycles. The van der Waals surface area contributed by atoms with Crippen molar-refractivity contribution in [2.45, 2.75) is 50.1 Å². The maximum Gasteiger partial charge on any atom is 0.255 e.